The van der Waals surface area contributed by atoms with Crippen LogP contribution >= 0.6 is 0 Å². The van der Waals surface area contributed by atoms with Crippen LogP contribution in [0.2, 0.25) is 0 Å². The second-order valence-corrected chi connectivity index (χ2v) is 5.78. The first-order chi connectivity index (χ1) is 13.3. The molecule has 0 atom stereocenters. The highest BCUT2D eigenvalue weighted by Gasteiger charge is 2.14. The van der Waals surface area contributed by atoms with Gasteiger partial charge in [-0.25, -0.2) is 0 Å². The summed E-state index contributed by atoms with van der Waals surface area (Å²) in [6.45, 7) is 1.51. The molecule has 0 spiro atoms. The first-order valence-electron chi connectivity index (χ1n) is 8.45. The normalized spacial score (nSPS) is 12.5. The van der Waals surface area contributed by atoms with Crippen molar-refractivity contribution in [2.24, 2.45) is 0 Å². The molecule has 8 heteroatoms. The van der Waals surface area contributed by atoms with E-state index in [0.717, 1.165) is 22.7 Å². The van der Waals surface area contributed by atoms with E-state index < -0.39 is 0 Å². The molecule has 0 unspecified atom stereocenters. The average Bonchev–Trinajstić information content (AvgIpc) is 3.20. The molecule has 1 aliphatic heterocycles. The van der Waals surface area contributed by atoms with E-state index in [0.29, 0.717) is 43.0 Å². The zero-order valence-corrected chi connectivity index (χ0v) is 15.0. The van der Waals surface area contributed by atoms with Gasteiger partial charge in [-0.2, -0.15) is 0 Å². The number of hydrogen-bond donors (Lipinski definition) is 1. The number of hydrogen-bond acceptors (Lipinski definition) is 8. The number of ether oxygens (including phenoxy) is 4. The molecule has 2 aromatic carbocycles. The Morgan fingerprint density at radius 3 is 2.56 bits per heavy atom. The van der Waals surface area contributed by atoms with Gasteiger partial charge >= 0.3 is 0 Å². The van der Waals surface area contributed by atoms with Crippen molar-refractivity contribution in [3.05, 3.63) is 42.3 Å². The summed E-state index contributed by atoms with van der Waals surface area (Å²) in [5.74, 6) is 3.60. The Balaban J connectivity index is 1.45. The lowest BCUT2D eigenvalue weighted by Gasteiger charge is -2.19. The van der Waals surface area contributed by atoms with Gasteiger partial charge in [0.1, 0.15) is 13.2 Å². The second-order valence-electron chi connectivity index (χ2n) is 5.78. The van der Waals surface area contributed by atoms with Gasteiger partial charge in [0.25, 0.3) is 0 Å². The van der Waals surface area contributed by atoms with E-state index in [1.807, 2.05) is 24.3 Å². The maximum Gasteiger partial charge on any atom is 0.247 e. The third kappa shape index (κ3) is 3.59. The average molecular weight is 369 g/mol. The summed E-state index contributed by atoms with van der Waals surface area (Å²) in [6.07, 6.45) is 0. The highest BCUT2D eigenvalue weighted by atomic mass is 16.6. The summed E-state index contributed by atoms with van der Waals surface area (Å²) in [5.41, 5.74) is 1.64. The second kappa shape index (κ2) is 7.45. The Morgan fingerprint density at radius 2 is 1.74 bits per heavy atom. The number of anilines is 1. The Hall–Kier alpha value is -3.42. The van der Waals surface area contributed by atoms with Gasteiger partial charge in [-0.3, -0.25) is 0 Å². The number of aromatic nitrogens is 2. The van der Waals surface area contributed by atoms with E-state index in [1.54, 1.807) is 26.4 Å². The summed E-state index contributed by atoms with van der Waals surface area (Å²) < 4.78 is 27.4. The summed E-state index contributed by atoms with van der Waals surface area (Å²) in [5, 5.41) is 11.4. The van der Waals surface area contributed by atoms with Gasteiger partial charge < -0.3 is 28.7 Å². The molecule has 1 aromatic heterocycles. The SMILES string of the molecule is COc1ccc(-c2nnc(CNc3ccc4c(c3)OCCO4)o2)cc1OC. The molecule has 0 bridgehead atoms. The molecule has 4 rings (SSSR count). The molecule has 0 aliphatic carbocycles. The number of fused-ring (bicyclic) bond motifs is 1. The van der Waals surface area contributed by atoms with E-state index >= 15 is 0 Å². The molecule has 0 amide bonds. The molecule has 1 N–H and O–H groups in total. The van der Waals surface area contributed by atoms with E-state index in [-0.39, 0.29) is 0 Å². The van der Waals surface area contributed by atoms with Crippen LogP contribution in [0.25, 0.3) is 11.5 Å². The van der Waals surface area contributed by atoms with Gasteiger partial charge in [0.15, 0.2) is 23.0 Å². The fraction of sp³-hybridized carbons (Fsp3) is 0.263. The van der Waals surface area contributed by atoms with E-state index in [9.17, 15) is 0 Å². The summed E-state index contributed by atoms with van der Waals surface area (Å²) in [7, 11) is 3.17. The maximum absolute atomic E-state index is 5.74. The highest BCUT2D eigenvalue weighted by Crippen LogP contribution is 2.33. The predicted molar refractivity (Wildman–Crippen MR) is 97.6 cm³/mol. The quantitative estimate of drug-likeness (QED) is 0.709. The third-order valence-corrected chi connectivity index (χ3v) is 4.08. The van der Waals surface area contributed by atoms with Crippen LogP contribution in [0.5, 0.6) is 23.0 Å². The molecule has 2 heterocycles. The lowest BCUT2D eigenvalue weighted by molar-refractivity contribution is 0.171. The standard InChI is InChI=1S/C19H19N3O5/c1-23-14-5-3-12(9-16(14)24-2)19-22-21-18(27-19)11-20-13-4-6-15-17(10-13)26-8-7-25-15/h3-6,9-10,20H,7-8,11H2,1-2H3. The molecule has 0 saturated carbocycles. The van der Waals surface area contributed by atoms with Crippen LogP contribution in [0.4, 0.5) is 5.69 Å². The van der Waals surface area contributed by atoms with Gasteiger partial charge in [-0.1, -0.05) is 0 Å². The van der Waals surface area contributed by atoms with Crippen LogP contribution in [0, 0.1) is 0 Å². The van der Waals surface area contributed by atoms with Crippen molar-refractivity contribution in [2.75, 3.05) is 32.8 Å². The van der Waals surface area contributed by atoms with Crippen molar-refractivity contribution in [2.45, 2.75) is 6.54 Å². The largest absolute Gasteiger partial charge is 0.493 e. The lowest BCUT2D eigenvalue weighted by Crippen LogP contribution is -2.15. The molecule has 27 heavy (non-hydrogen) atoms. The van der Waals surface area contributed by atoms with E-state index in [2.05, 4.69) is 15.5 Å². The third-order valence-electron chi connectivity index (χ3n) is 4.08. The van der Waals surface area contributed by atoms with E-state index in [4.69, 9.17) is 23.4 Å². The number of nitrogens with one attached hydrogen (secondary N) is 1. The lowest BCUT2D eigenvalue weighted by atomic mass is 10.2. The van der Waals surface area contributed by atoms with Crippen molar-refractivity contribution in [1.29, 1.82) is 0 Å². The minimum absolute atomic E-state index is 0.389. The molecular formula is C19H19N3O5. The molecule has 0 fully saturated rings. The van der Waals surface area contributed by atoms with Gasteiger partial charge in [0.05, 0.1) is 20.8 Å². The Kier molecular flexibility index (Phi) is 4.69. The van der Waals surface area contributed by atoms with Crippen molar-refractivity contribution in [3.63, 3.8) is 0 Å². The van der Waals surface area contributed by atoms with Crippen molar-refractivity contribution >= 4 is 5.69 Å². The summed E-state index contributed by atoms with van der Waals surface area (Å²) in [4.78, 5) is 0. The Bertz CT molecular complexity index is 941. The number of methoxy groups -OCH3 is 2. The summed E-state index contributed by atoms with van der Waals surface area (Å²) in [6, 6.07) is 11.1. The topological polar surface area (TPSA) is 87.9 Å². The van der Waals surface area contributed by atoms with Crippen LogP contribution in [0.15, 0.2) is 40.8 Å². The zero-order valence-electron chi connectivity index (χ0n) is 15.0. The summed E-state index contributed by atoms with van der Waals surface area (Å²) >= 11 is 0. The number of rotatable bonds is 6. The van der Waals surface area contributed by atoms with Gasteiger partial charge in [-0.15, -0.1) is 10.2 Å². The number of benzene rings is 2. The molecule has 0 radical (unpaired) electrons. The van der Waals surface area contributed by atoms with Crippen LogP contribution < -0.4 is 24.3 Å². The van der Waals surface area contributed by atoms with Crippen LogP contribution in [0.1, 0.15) is 5.89 Å². The first-order valence-corrected chi connectivity index (χ1v) is 8.45. The molecule has 140 valence electrons. The minimum atomic E-state index is 0.389. The molecule has 3 aromatic rings. The molecular weight excluding hydrogens is 350 g/mol. The van der Waals surface area contributed by atoms with Crippen molar-refractivity contribution in [3.8, 4) is 34.5 Å². The Morgan fingerprint density at radius 1 is 0.926 bits per heavy atom. The Labute approximate surface area is 156 Å². The fourth-order valence-corrected chi connectivity index (χ4v) is 2.74. The maximum atomic E-state index is 5.74. The first kappa shape index (κ1) is 17.0. The van der Waals surface area contributed by atoms with Gasteiger partial charge in [-0.05, 0) is 30.3 Å². The van der Waals surface area contributed by atoms with Crippen LogP contribution in [0.3, 0.4) is 0 Å². The molecule has 0 saturated heterocycles. The molecule has 1 aliphatic rings. The van der Waals surface area contributed by atoms with Crippen molar-refractivity contribution < 1.29 is 23.4 Å². The van der Waals surface area contributed by atoms with Crippen LogP contribution in [-0.4, -0.2) is 37.6 Å². The fourth-order valence-electron chi connectivity index (χ4n) is 2.74. The molecule has 8 nitrogen and oxygen atoms in total. The van der Waals surface area contributed by atoms with Gasteiger partial charge in [0.2, 0.25) is 11.8 Å². The van der Waals surface area contributed by atoms with Crippen LogP contribution in [-0.2, 0) is 6.54 Å². The predicted octanol–water partition coefficient (Wildman–Crippen LogP) is 3.14. The van der Waals surface area contributed by atoms with Gasteiger partial charge in [0, 0.05) is 17.3 Å². The smallest absolute Gasteiger partial charge is 0.247 e. The monoisotopic (exact) mass is 369 g/mol. The minimum Gasteiger partial charge on any atom is -0.493 e. The van der Waals surface area contributed by atoms with Crippen molar-refractivity contribution in [1.82, 2.24) is 10.2 Å². The zero-order chi connectivity index (χ0) is 18.6. The van der Waals surface area contributed by atoms with E-state index in [1.165, 1.54) is 0 Å². The number of nitrogens with zero attached hydrogens (tertiary/aromatic N) is 2. The highest BCUT2D eigenvalue weighted by molar-refractivity contribution is 5.59.